The molecular formula is C13H18BrNOS. The Morgan fingerprint density at radius 2 is 2.29 bits per heavy atom. The van der Waals surface area contributed by atoms with Gasteiger partial charge >= 0.3 is 0 Å². The molecule has 1 aromatic rings. The maximum absolute atomic E-state index is 9.55. The van der Waals surface area contributed by atoms with E-state index in [0.717, 1.165) is 10.0 Å². The summed E-state index contributed by atoms with van der Waals surface area (Å²) in [6, 6.07) is 6.74. The second kappa shape index (κ2) is 5.63. The Morgan fingerprint density at radius 3 is 2.82 bits per heavy atom. The number of rotatable bonds is 3. The molecule has 2 nitrogen and oxygen atoms in total. The van der Waals surface area contributed by atoms with Crippen LogP contribution in [-0.2, 0) is 0 Å². The first kappa shape index (κ1) is 13.2. The molecular weight excluding hydrogens is 298 g/mol. The molecule has 1 N–H and O–H groups in total. The minimum atomic E-state index is -0.410. The lowest BCUT2D eigenvalue weighted by Crippen LogP contribution is -2.31. The van der Waals surface area contributed by atoms with Gasteiger partial charge in [0, 0.05) is 23.3 Å². The molecule has 0 spiro atoms. The molecule has 94 valence electrons. The highest BCUT2D eigenvalue weighted by Gasteiger charge is 2.21. The molecule has 1 saturated heterocycles. The number of anilines is 1. The number of aliphatic hydroxyl groups excluding tert-OH is 1. The summed E-state index contributed by atoms with van der Waals surface area (Å²) in [5, 5.41) is 9.55. The number of hydrogen-bond donors (Lipinski definition) is 1. The van der Waals surface area contributed by atoms with Crippen LogP contribution in [0, 0.1) is 0 Å². The van der Waals surface area contributed by atoms with Crippen LogP contribution in [0.4, 0.5) is 5.69 Å². The number of halogens is 1. The molecule has 0 saturated carbocycles. The zero-order valence-corrected chi connectivity index (χ0v) is 12.6. The van der Waals surface area contributed by atoms with Crippen molar-refractivity contribution >= 4 is 33.4 Å². The van der Waals surface area contributed by atoms with E-state index in [0.29, 0.717) is 6.04 Å². The summed E-state index contributed by atoms with van der Waals surface area (Å²) in [5.74, 6) is 2.47. The van der Waals surface area contributed by atoms with Crippen LogP contribution in [0.2, 0.25) is 0 Å². The van der Waals surface area contributed by atoms with E-state index in [-0.39, 0.29) is 0 Å². The van der Waals surface area contributed by atoms with Gasteiger partial charge in [-0.1, -0.05) is 6.07 Å². The van der Waals surface area contributed by atoms with Crippen LogP contribution < -0.4 is 4.90 Å². The van der Waals surface area contributed by atoms with Crippen LogP contribution in [0.5, 0.6) is 0 Å². The first-order valence-corrected chi connectivity index (χ1v) is 7.82. The fourth-order valence-electron chi connectivity index (χ4n) is 2.09. The molecule has 0 amide bonds. The predicted molar refractivity (Wildman–Crippen MR) is 78.9 cm³/mol. The van der Waals surface area contributed by atoms with Gasteiger partial charge in [-0.2, -0.15) is 11.8 Å². The third-order valence-electron chi connectivity index (χ3n) is 3.29. The fraction of sp³-hybridized carbons (Fsp3) is 0.538. The second-order valence-corrected chi connectivity index (χ2v) is 6.52. The van der Waals surface area contributed by atoms with Crippen molar-refractivity contribution in [3.8, 4) is 0 Å². The third-order valence-corrected chi connectivity index (χ3v) is 5.07. The summed E-state index contributed by atoms with van der Waals surface area (Å²) < 4.78 is 1.07. The molecule has 1 aromatic carbocycles. The lowest BCUT2D eigenvalue weighted by Gasteiger charge is -2.27. The summed E-state index contributed by atoms with van der Waals surface area (Å²) in [4.78, 5) is 2.34. The van der Waals surface area contributed by atoms with Crippen molar-refractivity contribution in [1.29, 1.82) is 0 Å². The summed E-state index contributed by atoms with van der Waals surface area (Å²) in [5.41, 5.74) is 2.16. The van der Waals surface area contributed by atoms with Gasteiger partial charge in [0.1, 0.15) is 0 Å². The van der Waals surface area contributed by atoms with Crippen LogP contribution >= 0.6 is 27.7 Å². The number of thioether (sulfide) groups is 1. The quantitative estimate of drug-likeness (QED) is 0.924. The highest BCUT2D eigenvalue weighted by atomic mass is 79.9. The minimum Gasteiger partial charge on any atom is -0.389 e. The monoisotopic (exact) mass is 315 g/mol. The molecule has 0 radical (unpaired) electrons. The number of hydrogen-bond acceptors (Lipinski definition) is 3. The molecule has 1 aliphatic rings. The Hall–Kier alpha value is -0.190. The number of benzene rings is 1. The Bertz CT molecular complexity index is 391. The van der Waals surface area contributed by atoms with Crippen LogP contribution in [0.15, 0.2) is 22.7 Å². The van der Waals surface area contributed by atoms with E-state index in [1.165, 1.54) is 23.6 Å². The van der Waals surface area contributed by atoms with Gasteiger partial charge in [-0.25, -0.2) is 0 Å². The van der Waals surface area contributed by atoms with Crippen LogP contribution in [0.1, 0.15) is 25.0 Å². The first-order valence-electron chi connectivity index (χ1n) is 5.87. The Morgan fingerprint density at radius 1 is 1.53 bits per heavy atom. The van der Waals surface area contributed by atoms with Crippen molar-refractivity contribution in [2.45, 2.75) is 25.5 Å². The maximum Gasteiger partial charge on any atom is 0.0762 e. The van der Waals surface area contributed by atoms with Gasteiger partial charge in [-0.05, 0) is 52.7 Å². The topological polar surface area (TPSA) is 23.5 Å². The molecule has 0 aromatic heterocycles. The van der Waals surface area contributed by atoms with Gasteiger partial charge in [0.2, 0.25) is 0 Å². The predicted octanol–water partition coefficient (Wildman–Crippen LogP) is 3.44. The summed E-state index contributed by atoms with van der Waals surface area (Å²) in [6.07, 6.45) is 0.846. The smallest absolute Gasteiger partial charge is 0.0762 e. The molecule has 1 heterocycles. The van der Waals surface area contributed by atoms with Crippen molar-refractivity contribution < 1.29 is 5.11 Å². The highest BCUT2D eigenvalue weighted by molar-refractivity contribution is 9.10. The van der Waals surface area contributed by atoms with Crippen LogP contribution in [0.3, 0.4) is 0 Å². The van der Waals surface area contributed by atoms with E-state index < -0.39 is 6.10 Å². The molecule has 2 rings (SSSR count). The zero-order chi connectivity index (χ0) is 12.4. The molecule has 1 fully saturated rings. The van der Waals surface area contributed by atoms with Crippen LogP contribution in [-0.4, -0.2) is 29.7 Å². The standard InChI is InChI=1S/C13H18BrNOS/c1-9(16)10-3-4-13(12(14)7-10)15(2)11-5-6-17-8-11/h3-4,7,9,11,16H,5-6,8H2,1-2H3. The van der Waals surface area contributed by atoms with Crippen molar-refractivity contribution in [2.75, 3.05) is 23.5 Å². The van der Waals surface area contributed by atoms with Crippen molar-refractivity contribution in [1.82, 2.24) is 0 Å². The average Bonchev–Trinajstić information content (AvgIpc) is 2.81. The fourth-order valence-corrected chi connectivity index (χ4v) is 4.04. The van der Waals surface area contributed by atoms with Gasteiger partial charge in [0.25, 0.3) is 0 Å². The maximum atomic E-state index is 9.55. The number of aliphatic hydroxyl groups is 1. The SMILES string of the molecule is CC(O)c1ccc(N(C)C2CCSC2)c(Br)c1. The van der Waals surface area contributed by atoms with E-state index in [4.69, 9.17) is 0 Å². The normalized spacial score (nSPS) is 21.5. The Kier molecular flexibility index (Phi) is 4.39. The first-order chi connectivity index (χ1) is 8.09. The zero-order valence-electron chi connectivity index (χ0n) is 10.2. The van der Waals surface area contributed by atoms with Gasteiger partial charge in [0.15, 0.2) is 0 Å². The van der Waals surface area contributed by atoms with E-state index in [9.17, 15) is 5.11 Å². The van der Waals surface area contributed by atoms with Gasteiger partial charge in [-0.15, -0.1) is 0 Å². The van der Waals surface area contributed by atoms with Crippen LogP contribution in [0.25, 0.3) is 0 Å². The van der Waals surface area contributed by atoms with Crippen molar-refractivity contribution in [3.63, 3.8) is 0 Å². The summed E-state index contributed by atoms with van der Waals surface area (Å²) in [7, 11) is 2.15. The van der Waals surface area contributed by atoms with Gasteiger partial charge in [-0.3, -0.25) is 0 Å². The molecule has 17 heavy (non-hydrogen) atoms. The molecule has 1 aliphatic heterocycles. The Balaban J connectivity index is 2.20. The third kappa shape index (κ3) is 2.98. The second-order valence-electron chi connectivity index (χ2n) is 4.52. The molecule has 4 heteroatoms. The van der Waals surface area contributed by atoms with E-state index >= 15 is 0 Å². The molecule has 2 atom stereocenters. The largest absolute Gasteiger partial charge is 0.389 e. The van der Waals surface area contributed by atoms with E-state index in [2.05, 4.69) is 33.9 Å². The van der Waals surface area contributed by atoms with Gasteiger partial charge in [0.05, 0.1) is 11.8 Å². The number of nitrogens with zero attached hydrogens (tertiary/aromatic N) is 1. The van der Waals surface area contributed by atoms with Crippen molar-refractivity contribution in [3.05, 3.63) is 28.2 Å². The van der Waals surface area contributed by atoms with E-state index in [1.807, 2.05) is 23.9 Å². The lowest BCUT2D eigenvalue weighted by molar-refractivity contribution is 0.199. The van der Waals surface area contributed by atoms with Gasteiger partial charge < -0.3 is 10.0 Å². The lowest BCUT2D eigenvalue weighted by atomic mass is 10.1. The average molecular weight is 316 g/mol. The summed E-state index contributed by atoms with van der Waals surface area (Å²) in [6.45, 7) is 1.79. The minimum absolute atomic E-state index is 0.410. The Labute approximate surface area is 116 Å². The summed E-state index contributed by atoms with van der Waals surface area (Å²) >= 11 is 5.63. The van der Waals surface area contributed by atoms with E-state index in [1.54, 1.807) is 6.92 Å². The molecule has 0 aliphatic carbocycles. The molecule has 0 bridgehead atoms. The molecule has 2 unspecified atom stereocenters. The highest BCUT2D eigenvalue weighted by Crippen LogP contribution is 2.32. The van der Waals surface area contributed by atoms with Crippen molar-refractivity contribution in [2.24, 2.45) is 0 Å².